The van der Waals surface area contributed by atoms with Crippen molar-refractivity contribution in [2.75, 3.05) is 14.1 Å². The number of nitrogens with zero attached hydrogens (tertiary/aromatic N) is 1. The van der Waals surface area contributed by atoms with Gasteiger partial charge in [0.1, 0.15) is 5.16 Å². The molecule has 0 saturated heterocycles. The fourth-order valence-electron chi connectivity index (χ4n) is 0.297. The van der Waals surface area contributed by atoms with Crippen LogP contribution in [-0.4, -0.2) is 24.8 Å². The summed E-state index contributed by atoms with van der Waals surface area (Å²) in [6, 6.07) is 0. The van der Waals surface area contributed by atoms with Crippen molar-refractivity contribution < 1.29 is 4.79 Å². The average Bonchev–Trinajstić information content (AvgIpc) is 1.63. The molecule has 0 spiro atoms. The van der Waals surface area contributed by atoms with E-state index in [0.29, 0.717) is 5.16 Å². The maximum Gasteiger partial charge on any atom is 0.155 e. The van der Waals surface area contributed by atoms with Gasteiger partial charge in [0, 0.05) is 20.2 Å². The van der Waals surface area contributed by atoms with E-state index in [1.165, 1.54) is 13.0 Å². The summed E-state index contributed by atoms with van der Waals surface area (Å²) in [6.45, 7) is 1.46. The van der Waals surface area contributed by atoms with Crippen LogP contribution in [0.15, 0.2) is 11.2 Å². The monoisotopic (exact) mass is 147 g/mol. The van der Waals surface area contributed by atoms with Gasteiger partial charge in [0.05, 0.1) is 0 Å². The molecule has 0 atom stereocenters. The summed E-state index contributed by atoms with van der Waals surface area (Å²) in [7, 11) is 3.56. The highest BCUT2D eigenvalue weighted by molar-refractivity contribution is 6.30. The summed E-state index contributed by atoms with van der Waals surface area (Å²) < 4.78 is 0. The van der Waals surface area contributed by atoms with E-state index in [9.17, 15) is 4.79 Å². The van der Waals surface area contributed by atoms with Crippen LogP contribution in [0.1, 0.15) is 6.92 Å². The number of carbonyl (C=O) groups excluding carboxylic acids is 1. The topological polar surface area (TPSA) is 20.3 Å². The Bertz CT molecular complexity index is 140. The van der Waals surface area contributed by atoms with E-state index in [1.807, 2.05) is 0 Å². The van der Waals surface area contributed by atoms with Gasteiger partial charge in [0.2, 0.25) is 0 Å². The largest absolute Gasteiger partial charge is 0.368 e. The van der Waals surface area contributed by atoms with Crippen LogP contribution in [0.5, 0.6) is 0 Å². The predicted molar refractivity (Wildman–Crippen MR) is 38.3 cm³/mol. The van der Waals surface area contributed by atoms with Crippen LogP contribution in [0.2, 0.25) is 0 Å². The van der Waals surface area contributed by atoms with Crippen molar-refractivity contribution in [3.8, 4) is 0 Å². The third-order valence-corrected chi connectivity index (χ3v) is 1.20. The highest BCUT2D eigenvalue weighted by Gasteiger charge is 1.94. The van der Waals surface area contributed by atoms with E-state index in [-0.39, 0.29) is 5.78 Å². The van der Waals surface area contributed by atoms with E-state index in [0.717, 1.165) is 0 Å². The highest BCUT2D eigenvalue weighted by atomic mass is 35.5. The highest BCUT2D eigenvalue weighted by Crippen LogP contribution is 2.02. The lowest BCUT2D eigenvalue weighted by atomic mass is 10.4. The smallest absolute Gasteiger partial charge is 0.155 e. The van der Waals surface area contributed by atoms with E-state index < -0.39 is 0 Å². The first-order chi connectivity index (χ1) is 4.04. The third kappa shape index (κ3) is 4.03. The normalized spacial score (nSPS) is 11.3. The minimum Gasteiger partial charge on any atom is -0.368 e. The van der Waals surface area contributed by atoms with Gasteiger partial charge in [0.15, 0.2) is 5.78 Å². The van der Waals surface area contributed by atoms with Gasteiger partial charge in [-0.2, -0.15) is 0 Å². The Hall–Kier alpha value is -0.500. The molecule has 0 amide bonds. The SMILES string of the molecule is CC(=O)/C=C(/Cl)N(C)C. The summed E-state index contributed by atoms with van der Waals surface area (Å²) in [5, 5.41) is 0.461. The van der Waals surface area contributed by atoms with Gasteiger partial charge in [-0.05, 0) is 6.92 Å². The van der Waals surface area contributed by atoms with E-state index >= 15 is 0 Å². The molecule has 3 heteroatoms. The molecule has 0 aliphatic carbocycles. The molecule has 52 valence electrons. The zero-order chi connectivity index (χ0) is 7.44. The Kier molecular flexibility index (Phi) is 3.32. The van der Waals surface area contributed by atoms with Gasteiger partial charge in [-0.3, -0.25) is 4.79 Å². The first-order valence-corrected chi connectivity index (χ1v) is 2.97. The fraction of sp³-hybridized carbons (Fsp3) is 0.500. The van der Waals surface area contributed by atoms with Gasteiger partial charge >= 0.3 is 0 Å². The summed E-state index contributed by atoms with van der Waals surface area (Å²) in [5.41, 5.74) is 0. The van der Waals surface area contributed by atoms with Crippen molar-refractivity contribution in [1.82, 2.24) is 4.90 Å². The van der Waals surface area contributed by atoms with Gasteiger partial charge in [0.25, 0.3) is 0 Å². The Morgan fingerprint density at radius 3 is 2.11 bits per heavy atom. The van der Waals surface area contributed by atoms with Crippen LogP contribution in [0.4, 0.5) is 0 Å². The van der Waals surface area contributed by atoms with Crippen LogP contribution in [0.25, 0.3) is 0 Å². The number of carbonyl (C=O) groups is 1. The molecule has 0 aliphatic rings. The second-order valence-electron chi connectivity index (χ2n) is 1.97. The van der Waals surface area contributed by atoms with Gasteiger partial charge in [-0.1, -0.05) is 11.6 Å². The maximum absolute atomic E-state index is 10.4. The average molecular weight is 148 g/mol. The summed E-state index contributed by atoms with van der Waals surface area (Å²) in [5.74, 6) is -0.0336. The molecule has 2 nitrogen and oxygen atoms in total. The molecule has 0 N–H and O–H groups in total. The fourth-order valence-corrected chi connectivity index (χ4v) is 0.450. The van der Waals surface area contributed by atoms with Gasteiger partial charge < -0.3 is 4.90 Å². The van der Waals surface area contributed by atoms with Crippen LogP contribution in [0, 0.1) is 0 Å². The van der Waals surface area contributed by atoms with Crippen LogP contribution >= 0.6 is 11.6 Å². The summed E-state index contributed by atoms with van der Waals surface area (Å²) >= 11 is 5.58. The number of hydrogen-bond acceptors (Lipinski definition) is 2. The number of ketones is 1. The predicted octanol–water partition coefficient (Wildman–Crippen LogP) is 1.22. The van der Waals surface area contributed by atoms with Gasteiger partial charge in [-0.25, -0.2) is 0 Å². The second-order valence-corrected chi connectivity index (χ2v) is 2.36. The molecule has 0 aromatic rings. The first kappa shape index (κ1) is 8.50. The third-order valence-electron chi connectivity index (χ3n) is 0.750. The number of halogens is 1. The first-order valence-electron chi connectivity index (χ1n) is 2.59. The lowest BCUT2D eigenvalue weighted by molar-refractivity contribution is -0.112. The molecule has 0 fully saturated rings. The van der Waals surface area contributed by atoms with Crippen LogP contribution in [0.3, 0.4) is 0 Å². The second kappa shape index (κ2) is 3.51. The molecule has 0 aromatic heterocycles. The molecule has 0 heterocycles. The molecule has 0 rings (SSSR count). The molecule has 0 unspecified atom stereocenters. The van der Waals surface area contributed by atoms with E-state index in [2.05, 4.69) is 0 Å². The van der Waals surface area contributed by atoms with Gasteiger partial charge in [-0.15, -0.1) is 0 Å². The van der Waals surface area contributed by atoms with E-state index in [1.54, 1.807) is 19.0 Å². The van der Waals surface area contributed by atoms with Crippen molar-refractivity contribution in [2.24, 2.45) is 0 Å². The molecule has 0 aliphatic heterocycles. The Labute approximate surface area is 60.1 Å². The Morgan fingerprint density at radius 1 is 1.56 bits per heavy atom. The molecule has 9 heavy (non-hydrogen) atoms. The molecule has 0 saturated carbocycles. The van der Waals surface area contributed by atoms with Crippen molar-refractivity contribution in [2.45, 2.75) is 6.92 Å². The quantitative estimate of drug-likeness (QED) is 0.433. The van der Waals surface area contributed by atoms with Crippen LogP contribution in [-0.2, 0) is 4.79 Å². The standard InChI is InChI=1S/C6H10ClNO/c1-5(9)4-6(7)8(2)3/h4H,1-3H3/b6-4-. The molecular formula is C6H10ClNO. The van der Waals surface area contributed by atoms with Crippen molar-refractivity contribution >= 4 is 17.4 Å². The molecule has 0 bridgehead atoms. The van der Waals surface area contributed by atoms with Crippen molar-refractivity contribution in [1.29, 1.82) is 0 Å². The zero-order valence-electron chi connectivity index (χ0n) is 5.81. The molecule has 0 aromatic carbocycles. The lowest BCUT2D eigenvalue weighted by Crippen LogP contribution is -2.07. The molecular weight excluding hydrogens is 138 g/mol. The number of allylic oxidation sites excluding steroid dienone is 1. The number of rotatable bonds is 2. The van der Waals surface area contributed by atoms with Crippen molar-refractivity contribution in [3.63, 3.8) is 0 Å². The Balaban J connectivity index is 4.00. The minimum absolute atomic E-state index is 0.0336. The minimum atomic E-state index is -0.0336. The molecule has 0 radical (unpaired) electrons. The lowest BCUT2D eigenvalue weighted by Gasteiger charge is -2.08. The zero-order valence-corrected chi connectivity index (χ0v) is 6.57. The van der Waals surface area contributed by atoms with Crippen LogP contribution < -0.4 is 0 Å². The number of hydrogen-bond donors (Lipinski definition) is 0. The van der Waals surface area contributed by atoms with E-state index in [4.69, 9.17) is 11.6 Å². The Morgan fingerprint density at radius 2 is 2.00 bits per heavy atom. The summed E-state index contributed by atoms with van der Waals surface area (Å²) in [6.07, 6.45) is 1.38. The van der Waals surface area contributed by atoms with Crippen molar-refractivity contribution in [3.05, 3.63) is 11.2 Å². The maximum atomic E-state index is 10.4. The summed E-state index contributed by atoms with van der Waals surface area (Å²) in [4.78, 5) is 12.0.